The van der Waals surface area contributed by atoms with Gasteiger partial charge in [0.2, 0.25) is 0 Å². The predicted octanol–water partition coefficient (Wildman–Crippen LogP) is 4.32. The first-order valence-corrected chi connectivity index (χ1v) is 8.59. The fourth-order valence-corrected chi connectivity index (χ4v) is 3.72. The molecule has 0 amide bonds. The first-order chi connectivity index (χ1) is 10.8. The van der Waals surface area contributed by atoms with Crippen LogP contribution in [0.3, 0.4) is 0 Å². The van der Waals surface area contributed by atoms with E-state index >= 15 is 0 Å². The Bertz CT molecular complexity index is 585. The second kappa shape index (κ2) is 7.10. The Morgan fingerprint density at radius 2 is 2.00 bits per heavy atom. The highest BCUT2D eigenvalue weighted by atomic mass is 16.5. The van der Waals surface area contributed by atoms with Crippen LogP contribution in [-0.2, 0) is 12.8 Å². The van der Waals surface area contributed by atoms with Crippen LogP contribution in [0, 0.1) is 0 Å². The highest BCUT2D eigenvalue weighted by molar-refractivity contribution is 5.65. The van der Waals surface area contributed by atoms with Crippen molar-refractivity contribution in [2.24, 2.45) is 0 Å². The molecule has 2 aromatic rings. The molecule has 0 aliphatic heterocycles. The highest BCUT2D eigenvalue weighted by Crippen LogP contribution is 2.32. The Balaban J connectivity index is 1.88. The fourth-order valence-electron chi connectivity index (χ4n) is 3.72. The summed E-state index contributed by atoms with van der Waals surface area (Å²) in [5.41, 5.74) is 5.19. The van der Waals surface area contributed by atoms with E-state index in [1.54, 1.807) is 6.26 Å². The minimum Gasteiger partial charge on any atom is -0.364 e. The van der Waals surface area contributed by atoms with E-state index in [4.69, 9.17) is 4.52 Å². The van der Waals surface area contributed by atoms with Gasteiger partial charge in [-0.1, -0.05) is 37.2 Å². The van der Waals surface area contributed by atoms with Crippen LogP contribution in [-0.4, -0.2) is 29.2 Å². The van der Waals surface area contributed by atoms with Gasteiger partial charge in [0.25, 0.3) is 0 Å². The highest BCUT2D eigenvalue weighted by Gasteiger charge is 2.25. The van der Waals surface area contributed by atoms with Crippen LogP contribution in [0.5, 0.6) is 0 Å². The molecule has 1 aromatic heterocycles. The first-order valence-electron chi connectivity index (χ1n) is 8.59. The molecule has 1 atom stereocenters. The topological polar surface area (TPSA) is 29.3 Å². The van der Waals surface area contributed by atoms with Crippen molar-refractivity contribution in [2.45, 2.75) is 52.0 Å². The largest absolute Gasteiger partial charge is 0.364 e. The molecule has 3 nitrogen and oxygen atoms in total. The molecule has 0 spiro atoms. The van der Waals surface area contributed by atoms with Gasteiger partial charge in [-0.3, -0.25) is 0 Å². The lowest BCUT2D eigenvalue weighted by Crippen LogP contribution is -2.40. The molecule has 0 saturated heterocycles. The number of rotatable bonds is 6. The molecule has 0 radical (unpaired) electrons. The Morgan fingerprint density at radius 3 is 2.68 bits per heavy atom. The van der Waals surface area contributed by atoms with Crippen molar-refractivity contribution >= 4 is 0 Å². The Hall–Kier alpha value is -1.61. The summed E-state index contributed by atoms with van der Waals surface area (Å²) in [6, 6.07) is 9.25. The van der Waals surface area contributed by atoms with Gasteiger partial charge in [-0.25, -0.2) is 0 Å². The van der Waals surface area contributed by atoms with Gasteiger partial charge >= 0.3 is 0 Å². The number of hydrogen-bond acceptors (Lipinski definition) is 3. The molecule has 1 unspecified atom stereocenters. The number of aromatic nitrogens is 1. The van der Waals surface area contributed by atoms with Crippen molar-refractivity contribution in [1.82, 2.24) is 10.1 Å². The van der Waals surface area contributed by atoms with Crippen LogP contribution < -0.4 is 0 Å². The van der Waals surface area contributed by atoms with E-state index in [-0.39, 0.29) is 0 Å². The molecule has 118 valence electrons. The van der Waals surface area contributed by atoms with E-state index in [1.807, 2.05) is 6.07 Å². The summed E-state index contributed by atoms with van der Waals surface area (Å²) in [4.78, 5) is 2.68. The van der Waals surface area contributed by atoms with Crippen molar-refractivity contribution < 1.29 is 4.52 Å². The monoisotopic (exact) mass is 298 g/mol. The molecular weight excluding hydrogens is 272 g/mol. The van der Waals surface area contributed by atoms with Gasteiger partial charge in [-0.2, -0.15) is 0 Å². The van der Waals surface area contributed by atoms with E-state index in [9.17, 15) is 0 Å². The third kappa shape index (κ3) is 3.09. The molecule has 3 heteroatoms. The predicted molar refractivity (Wildman–Crippen MR) is 89.9 cm³/mol. The van der Waals surface area contributed by atoms with Crippen molar-refractivity contribution in [3.05, 3.63) is 41.7 Å². The summed E-state index contributed by atoms with van der Waals surface area (Å²) in [5.74, 6) is 0. The van der Waals surface area contributed by atoms with Crippen LogP contribution in [0.25, 0.3) is 11.3 Å². The van der Waals surface area contributed by atoms with Crippen LogP contribution in [0.15, 0.2) is 35.1 Å². The summed E-state index contributed by atoms with van der Waals surface area (Å²) >= 11 is 0. The number of nitrogens with zero attached hydrogens (tertiary/aromatic N) is 2. The molecule has 3 rings (SSSR count). The maximum atomic E-state index is 5.05. The van der Waals surface area contributed by atoms with Crippen LogP contribution in [0.2, 0.25) is 0 Å². The number of aryl methyl sites for hydroxylation is 1. The van der Waals surface area contributed by atoms with Crippen molar-refractivity contribution in [2.75, 3.05) is 13.1 Å². The Labute approximate surface area is 133 Å². The molecule has 1 heterocycles. The van der Waals surface area contributed by atoms with Crippen LogP contribution >= 0.6 is 0 Å². The average Bonchev–Trinajstić information content (AvgIpc) is 3.08. The second-order valence-electron chi connectivity index (χ2n) is 6.26. The maximum absolute atomic E-state index is 5.05. The van der Waals surface area contributed by atoms with Crippen molar-refractivity contribution in [3.63, 3.8) is 0 Å². The number of benzene rings is 1. The molecule has 1 aromatic carbocycles. The third-order valence-electron chi connectivity index (χ3n) is 4.71. The van der Waals surface area contributed by atoms with Gasteiger partial charge in [0.05, 0.1) is 0 Å². The van der Waals surface area contributed by atoms with Gasteiger partial charge in [0, 0.05) is 17.7 Å². The van der Waals surface area contributed by atoms with E-state index < -0.39 is 0 Å². The molecular formula is C19H26N2O. The molecule has 0 fully saturated rings. The summed E-state index contributed by atoms with van der Waals surface area (Å²) in [5, 5.41) is 4.15. The van der Waals surface area contributed by atoms with E-state index in [0.717, 1.165) is 12.1 Å². The van der Waals surface area contributed by atoms with Crippen molar-refractivity contribution in [3.8, 4) is 11.3 Å². The van der Waals surface area contributed by atoms with Gasteiger partial charge < -0.3 is 9.42 Å². The lowest BCUT2D eigenvalue weighted by Gasteiger charge is -2.35. The average molecular weight is 298 g/mol. The lowest BCUT2D eigenvalue weighted by atomic mass is 9.84. The minimum atomic E-state index is 0.667. The SMILES string of the molecule is CCCN(CCC)C1CCc2cccc(-c3ccon3)c2C1. The smallest absolute Gasteiger partial charge is 0.124 e. The number of hydrogen-bond donors (Lipinski definition) is 0. The third-order valence-corrected chi connectivity index (χ3v) is 4.71. The van der Waals surface area contributed by atoms with Gasteiger partial charge in [-0.15, -0.1) is 0 Å². The minimum absolute atomic E-state index is 0.667. The molecule has 0 saturated carbocycles. The fraction of sp³-hybridized carbons (Fsp3) is 0.526. The van der Waals surface area contributed by atoms with Gasteiger partial charge in [0.15, 0.2) is 0 Å². The molecule has 0 N–H and O–H groups in total. The first kappa shape index (κ1) is 15.3. The zero-order valence-electron chi connectivity index (χ0n) is 13.7. The zero-order chi connectivity index (χ0) is 15.4. The summed E-state index contributed by atoms with van der Waals surface area (Å²) in [6.07, 6.45) is 7.71. The van der Waals surface area contributed by atoms with Crippen LogP contribution in [0.1, 0.15) is 44.2 Å². The maximum Gasteiger partial charge on any atom is 0.124 e. The molecule has 1 aliphatic rings. The normalized spacial score (nSPS) is 17.7. The van der Waals surface area contributed by atoms with Crippen molar-refractivity contribution in [1.29, 1.82) is 0 Å². The van der Waals surface area contributed by atoms with Crippen LogP contribution in [0.4, 0.5) is 0 Å². The quantitative estimate of drug-likeness (QED) is 0.795. The summed E-state index contributed by atoms with van der Waals surface area (Å²) < 4.78 is 5.05. The summed E-state index contributed by atoms with van der Waals surface area (Å²) in [6.45, 7) is 6.97. The summed E-state index contributed by atoms with van der Waals surface area (Å²) in [7, 11) is 0. The Kier molecular flexibility index (Phi) is 4.94. The second-order valence-corrected chi connectivity index (χ2v) is 6.26. The standard InChI is InChI=1S/C19H26N2O/c1-3-11-21(12-4-2)16-9-8-15-6-5-7-17(18(15)14-16)19-10-13-22-20-19/h5-7,10,13,16H,3-4,8-9,11-12,14H2,1-2H3. The Morgan fingerprint density at radius 1 is 1.18 bits per heavy atom. The molecule has 22 heavy (non-hydrogen) atoms. The zero-order valence-corrected chi connectivity index (χ0v) is 13.7. The number of fused-ring (bicyclic) bond motifs is 1. The lowest BCUT2D eigenvalue weighted by molar-refractivity contribution is 0.180. The van der Waals surface area contributed by atoms with E-state index in [1.165, 1.54) is 55.5 Å². The van der Waals surface area contributed by atoms with Gasteiger partial charge in [-0.05, 0) is 56.3 Å². The van der Waals surface area contributed by atoms with Gasteiger partial charge in [0.1, 0.15) is 12.0 Å². The van der Waals surface area contributed by atoms with E-state index in [0.29, 0.717) is 6.04 Å². The molecule has 0 bridgehead atoms. The van der Waals surface area contributed by atoms with E-state index in [2.05, 4.69) is 42.1 Å². The molecule has 1 aliphatic carbocycles.